The van der Waals surface area contributed by atoms with E-state index in [0.717, 1.165) is 49.1 Å². The van der Waals surface area contributed by atoms with Crippen molar-refractivity contribution in [2.75, 3.05) is 6.54 Å². The van der Waals surface area contributed by atoms with Crippen LogP contribution in [0.2, 0.25) is 36.3 Å². The fourth-order valence-electron chi connectivity index (χ4n) is 6.83. The number of imide groups is 1. The lowest BCUT2D eigenvalue weighted by Gasteiger charge is -2.62. The van der Waals surface area contributed by atoms with E-state index in [2.05, 4.69) is 41.5 Å². The molecule has 0 saturated heterocycles. The molecular formula is C24H42N2O2Si2. The molecule has 0 aliphatic carbocycles. The standard InChI is InChI=1S/C24H42N2O2Si2/c1-7-29(8-2,9-3)24(18-15-19-25,30(10-4,11-5)12-6)26-22(27)20-16-13-14-17-21(20)23(26)28/h13-14,16-17H,7-12,15,18-19,25H2,1-6H3. The summed E-state index contributed by atoms with van der Waals surface area (Å²) in [5.41, 5.74) is 7.25. The minimum Gasteiger partial charge on any atom is -0.330 e. The molecule has 1 aromatic rings. The van der Waals surface area contributed by atoms with Gasteiger partial charge in [0.15, 0.2) is 0 Å². The lowest BCUT2D eigenvalue weighted by Crippen LogP contribution is -2.80. The van der Waals surface area contributed by atoms with E-state index in [-0.39, 0.29) is 16.6 Å². The third kappa shape index (κ3) is 3.35. The molecule has 1 heterocycles. The highest BCUT2D eigenvalue weighted by molar-refractivity contribution is 7.02. The summed E-state index contributed by atoms with van der Waals surface area (Å²) in [4.78, 5) is 29.4. The van der Waals surface area contributed by atoms with Crippen molar-refractivity contribution in [2.24, 2.45) is 5.73 Å². The predicted octanol–water partition coefficient (Wildman–Crippen LogP) is 5.86. The normalized spacial score (nSPS) is 15.1. The second-order valence-corrected chi connectivity index (χ2v) is 20.4. The van der Waals surface area contributed by atoms with Gasteiger partial charge in [0.05, 0.1) is 27.3 Å². The van der Waals surface area contributed by atoms with Crippen molar-refractivity contribution in [3.05, 3.63) is 35.4 Å². The van der Waals surface area contributed by atoms with Gasteiger partial charge in [-0.25, -0.2) is 0 Å². The number of hydrogen-bond acceptors (Lipinski definition) is 3. The molecule has 2 N–H and O–H groups in total. The molecule has 0 atom stereocenters. The maximum absolute atomic E-state index is 13.9. The van der Waals surface area contributed by atoms with Crippen LogP contribution in [0, 0.1) is 0 Å². The Bertz CT molecular complexity index is 686. The largest absolute Gasteiger partial charge is 0.330 e. The van der Waals surface area contributed by atoms with Crippen molar-refractivity contribution in [3.8, 4) is 0 Å². The third-order valence-electron chi connectivity index (χ3n) is 8.73. The van der Waals surface area contributed by atoms with Gasteiger partial charge in [0.25, 0.3) is 11.8 Å². The highest BCUT2D eigenvalue weighted by Crippen LogP contribution is 2.52. The van der Waals surface area contributed by atoms with Crippen LogP contribution in [0.3, 0.4) is 0 Å². The Balaban J connectivity index is 2.94. The number of carbonyl (C=O) groups is 2. The summed E-state index contributed by atoms with van der Waals surface area (Å²) in [5, 5.41) is 0. The van der Waals surface area contributed by atoms with Crippen LogP contribution < -0.4 is 5.73 Å². The van der Waals surface area contributed by atoms with E-state index in [1.54, 1.807) is 0 Å². The van der Waals surface area contributed by atoms with E-state index in [1.807, 2.05) is 29.2 Å². The second-order valence-electron chi connectivity index (χ2n) is 8.93. The van der Waals surface area contributed by atoms with Crippen molar-refractivity contribution in [1.82, 2.24) is 4.90 Å². The van der Waals surface area contributed by atoms with Crippen LogP contribution in [0.15, 0.2) is 24.3 Å². The van der Waals surface area contributed by atoms with Crippen molar-refractivity contribution < 1.29 is 9.59 Å². The van der Waals surface area contributed by atoms with E-state index in [1.165, 1.54) is 0 Å². The molecule has 1 aliphatic heterocycles. The molecule has 0 spiro atoms. The molecular weight excluding hydrogens is 404 g/mol. The molecule has 6 heteroatoms. The number of carbonyl (C=O) groups excluding carboxylic acids is 2. The molecule has 1 aromatic carbocycles. The first-order valence-electron chi connectivity index (χ1n) is 12.0. The highest BCUT2D eigenvalue weighted by Gasteiger charge is 2.66. The number of amides is 2. The topological polar surface area (TPSA) is 63.4 Å². The van der Waals surface area contributed by atoms with Crippen molar-refractivity contribution >= 4 is 28.0 Å². The Hall–Kier alpha value is -1.25. The van der Waals surface area contributed by atoms with Crippen LogP contribution in [0.5, 0.6) is 0 Å². The van der Waals surface area contributed by atoms with Crippen LogP contribution in [0.1, 0.15) is 75.1 Å². The molecule has 2 rings (SSSR count). The number of nitrogens with two attached hydrogens (primary N) is 1. The predicted molar refractivity (Wildman–Crippen MR) is 132 cm³/mol. The molecule has 30 heavy (non-hydrogen) atoms. The Kier molecular flexibility index (Phi) is 8.27. The molecule has 0 fully saturated rings. The minimum absolute atomic E-state index is 0.0490. The Morgan fingerprint density at radius 3 is 1.43 bits per heavy atom. The van der Waals surface area contributed by atoms with Crippen LogP contribution in [0.4, 0.5) is 0 Å². The molecule has 0 saturated carbocycles. The van der Waals surface area contributed by atoms with Crippen LogP contribution >= 0.6 is 0 Å². The maximum atomic E-state index is 13.9. The number of nitrogens with zero attached hydrogens (tertiary/aromatic N) is 1. The molecule has 0 radical (unpaired) electrons. The first-order chi connectivity index (χ1) is 14.4. The summed E-state index contributed by atoms with van der Waals surface area (Å²) in [6.07, 6.45) is 1.76. The first-order valence-corrected chi connectivity index (χ1v) is 17.3. The summed E-state index contributed by atoms with van der Waals surface area (Å²) < 4.78 is 0. The summed E-state index contributed by atoms with van der Waals surface area (Å²) in [6, 6.07) is 14.1. The second kappa shape index (κ2) is 9.92. The zero-order valence-corrected chi connectivity index (χ0v) is 22.0. The van der Waals surface area contributed by atoms with Gasteiger partial charge in [-0.05, 0) is 31.5 Å². The van der Waals surface area contributed by atoms with Gasteiger partial charge in [-0.15, -0.1) is 0 Å². The summed E-state index contributed by atoms with van der Waals surface area (Å²) >= 11 is 0. The Morgan fingerprint density at radius 1 is 0.767 bits per heavy atom. The smallest absolute Gasteiger partial charge is 0.261 e. The third-order valence-corrected chi connectivity index (χ3v) is 24.5. The van der Waals surface area contributed by atoms with Gasteiger partial charge < -0.3 is 5.73 Å². The number of hydrogen-bond donors (Lipinski definition) is 1. The lowest BCUT2D eigenvalue weighted by molar-refractivity contribution is 0.0577. The lowest BCUT2D eigenvalue weighted by atomic mass is 10.1. The van der Waals surface area contributed by atoms with E-state index in [0.29, 0.717) is 17.7 Å². The van der Waals surface area contributed by atoms with Gasteiger partial charge in [-0.3, -0.25) is 14.5 Å². The molecule has 168 valence electrons. The van der Waals surface area contributed by atoms with E-state index in [4.69, 9.17) is 5.73 Å². The SMILES string of the molecule is CC[Si](CC)(CC)C(CCCN)(N1C(=O)c2ccccc2C1=O)[Si](CC)(CC)CC. The zero-order chi connectivity index (χ0) is 22.6. The Labute approximate surface area is 185 Å². The maximum Gasteiger partial charge on any atom is 0.261 e. The van der Waals surface area contributed by atoms with Gasteiger partial charge in [0.1, 0.15) is 0 Å². The number of fused-ring (bicyclic) bond motifs is 1. The fourth-order valence-corrected chi connectivity index (χ4v) is 23.8. The molecule has 4 nitrogen and oxygen atoms in total. The van der Waals surface area contributed by atoms with Crippen LogP contribution in [-0.4, -0.2) is 44.2 Å². The highest BCUT2D eigenvalue weighted by atomic mass is 28.4. The van der Waals surface area contributed by atoms with Gasteiger partial charge in [-0.1, -0.05) is 89.9 Å². The minimum atomic E-state index is -2.03. The molecule has 0 unspecified atom stereocenters. The number of rotatable bonds is 12. The van der Waals surface area contributed by atoms with Crippen molar-refractivity contribution in [2.45, 2.75) is 95.4 Å². The molecule has 0 aromatic heterocycles. The quantitative estimate of drug-likeness (QED) is 0.323. The average Bonchev–Trinajstić information content (AvgIpc) is 3.04. The first kappa shape index (κ1) is 25.0. The Morgan fingerprint density at radius 2 is 1.13 bits per heavy atom. The summed E-state index contributed by atoms with van der Waals surface area (Å²) in [7, 11) is -4.06. The molecule has 1 aliphatic rings. The monoisotopic (exact) mass is 446 g/mol. The van der Waals surface area contributed by atoms with E-state index >= 15 is 0 Å². The average molecular weight is 447 g/mol. The summed E-state index contributed by atoms with van der Waals surface area (Å²) in [5.74, 6) is -0.0980. The number of benzene rings is 1. The van der Waals surface area contributed by atoms with Crippen LogP contribution in [-0.2, 0) is 0 Å². The molecule has 0 bridgehead atoms. The van der Waals surface area contributed by atoms with Gasteiger partial charge in [0.2, 0.25) is 0 Å². The fraction of sp³-hybridized carbons (Fsp3) is 0.667. The van der Waals surface area contributed by atoms with Gasteiger partial charge in [-0.2, -0.15) is 0 Å². The van der Waals surface area contributed by atoms with E-state index < -0.39 is 16.1 Å². The van der Waals surface area contributed by atoms with E-state index in [9.17, 15) is 9.59 Å². The van der Waals surface area contributed by atoms with Gasteiger partial charge >= 0.3 is 0 Å². The van der Waals surface area contributed by atoms with Crippen LogP contribution in [0.25, 0.3) is 0 Å². The molecule has 2 amide bonds. The summed E-state index contributed by atoms with van der Waals surface area (Å²) in [6.45, 7) is 14.5. The van der Waals surface area contributed by atoms with Crippen molar-refractivity contribution in [3.63, 3.8) is 0 Å². The van der Waals surface area contributed by atoms with Crippen molar-refractivity contribution in [1.29, 1.82) is 0 Å². The zero-order valence-electron chi connectivity index (χ0n) is 20.0. The van der Waals surface area contributed by atoms with Gasteiger partial charge in [0, 0.05) is 4.79 Å².